The minimum absolute atomic E-state index is 0.0639. The second kappa shape index (κ2) is 10.9. The number of carbonyl (C=O) groups excluding carboxylic acids is 2. The number of morpholine rings is 1. The quantitative estimate of drug-likeness (QED) is 0.636. The summed E-state index contributed by atoms with van der Waals surface area (Å²) in [6.07, 6.45) is 0.531. The smallest absolute Gasteiger partial charge is 0.255 e. The number of aryl methyl sites for hydroxylation is 1. The number of benzene rings is 2. The van der Waals surface area contributed by atoms with E-state index >= 15 is 0 Å². The summed E-state index contributed by atoms with van der Waals surface area (Å²) in [6.45, 7) is 8.27. The van der Waals surface area contributed by atoms with E-state index in [4.69, 9.17) is 4.74 Å². The van der Waals surface area contributed by atoms with Gasteiger partial charge < -0.3 is 15.0 Å². The predicted octanol–water partition coefficient (Wildman–Crippen LogP) is 3.00. The average Bonchev–Trinajstić information content (AvgIpc) is 2.85. The molecule has 0 bridgehead atoms. The van der Waals surface area contributed by atoms with Crippen LogP contribution in [0.15, 0.2) is 47.4 Å². The van der Waals surface area contributed by atoms with Gasteiger partial charge in [0.05, 0.1) is 18.1 Å². The van der Waals surface area contributed by atoms with Gasteiger partial charge in [0.25, 0.3) is 11.8 Å². The Kier molecular flexibility index (Phi) is 8.23. The number of nitrogens with zero attached hydrogens (tertiary/aromatic N) is 2. The fraction of sp³-hybridized carbons (Fsp3) is 0.417. The first-order chi connectivity index (χ1) is 15.8. The Morgan fingerprint density at radius 3 is 2.15 bits per heavy atom. The topological polar surface area (TPSA) is 96.0 Å². The molecule has 178 valence electrons. The molecule has 0 aliphatic carbocycles. The molecule has 33 heavy (non-hydrogen) atoms. The van der Waals surface area contributed by atoms with Crippen LogP contribution in [0.4, 0.5) is 5.69 Å². The highest BCUT2D eigenvalue weighted by Gasteiger charge is 2.29. The third-order valence-corrected chi connectivity index (χ3v) is 7.72. The standard InChI is InChI=1S/C24H31N3O5S/c1-4-18-7-8-20(17-22(18)33(30,31)27-13-15-32-16-14-27)23(28)25-21-11-9-19(10-12-21)24(29)26(5-2)6-3/h7-12,17H,4-6,13-16H2,1-3H3,(H,25,28). The van der Waals surface area contributed by atoms with E-state index in [-0.39, 0.29) is 16.4 Å². The van der Waals surface area contributed by atoms with Crippen molar-refractivity contribution in [3.8, 4) is 0 Å². The number of nitrogens with one attached hydrogen (secondary N) is 1. The number of rotatable bonds is 8. The normalized spacial score (nSPS) is 14.6. The molecular weight excluding hydrogens is 442 g/mol. The molecule has 2 aromatic rings. The summed E-state index contributed by atoms with van der Waals surface area (Å²) in [4.78, 5) is 27.2. The van der Waals surface area contributed by atoms with Crippen LogP contribution in [0.3, 0.4) is 0 Å². The van der Waals surface area contributed by atoms with Crippen molar-refractivity contribution in [3.05, 3.63) is 59.2 Å². The molecule has 1 saturated heterocycles. The molecule has 1 heterocycles. The highest BCUT2D eigenvalue weighted by molar-refractivity contribution is 7.89. The minimum Gasteiger partial charge on any atom is -0.379 e. The first-order valence-electron chi connectivity index (χ1n) is 11.2. The van der Waals surface area contributed by atoms with E-state index in [0.29, 0.717) is 62.6 Å². The van der Waals surface area contributed by atoms with E-state index in [1.54, 1.807) is 41.3 Å². The largest absolute Gasteiger partial charge is 0.379 e. The highest BCUT2D eigenvalue weighted by atomic mass is 32.2. The first-order valence-corrected chi connectivity index (χ1v) is 12.7. The second-order valence-electron chi connectivity index (χ2n) is 7.70. The number of hydrogen-bond acceptors (Lipinski definition) is 5. The zero-order valence-electron chi connectivity index (χ0n) is 19.3. The van der Waals surface area contributed by atoms with Gasteiger partial charge in [-0.1, -0.05) is 13.0 Å². The van der Waals surface area contributed by atoms with E-state index in [2.05, 4.69) is 5.32 Å². The SMILES string of the molecule is CCc1ccc(C(=O)Nc2ccc(C(=O)N(CC)CC)cc2)cc1S(=O)(=O)N1CCOCC1. The zero-order valence-corrected chi connectivity index (χ0v) is 20.2. The van der Waals surface area contributed by atoms with E-state index in [1.807, 2.05) is 20.8 Å². The number of ether oxygens (including phenoxy) is 1. The molecule has 3 rings (SSSR count). The Bertz CT molecular complexity index is 1090. The Hall–Kier alpha value is -2.75. The molecule has 2 amide bonds. The molecule has 0 spiro atoms. The average molecular weight is 474 g/mol. The Morgan fingerprint density at radius 2 is 1.58 bits per heavy atom. The van der Waals surface area contributed by atoms with Crippen LogP contribution in [-0.2, 0) is 21.2 Å². The predicted molar refractivity (Wildman–Crippen MR) is 127 cm³/mol. The van der Waals surface area contributed by atoms with Crippen LogP contribution in [0, 0.1) is 0 Å². The lowest BCUT2D eigenvalue weighted by Gasteiger charge is -2.27. The van der Waals surface area contributed by atoms with Crippen molar-refractivity contribution in [2.24, 2.45) is 0 Å². The van der Waals surface area contributed by atoms with E-state index < -0.39 is 15.9 Å². The summed E-state index contributed by atoms with van der Waals surface area (Å²) in [5, 5.41) is 2.78. The van der Waals surface area contributed by atoms with Gasteiger partial charge >= 0.3 is 0 Å². The van der Waals surface area contributed by atoms with E-state index in [1.165, 1.54) is 10.4 Å². The molecule has 0 unspecified atom stereocenters. The molecule has 2 aromatic carbocycles. The monoisotopic (exact) mass is 473 g/mol. The summed E-state index contributed by atoms with van der Waals surface area (Å²) in [5.41, 5.74) is 1.98. The van der Waals surface area contributed by atoms with Gasteiger partial charge in [-0.3, -0.25) is 9.59 Å². The van der Waals surface area contributed by atoms with Crippen LogP contribution in [0.25, 0.3) is 0 Å². The molecule has 0 saturated carbocycles. The number of carbonyl (C=O) groups is 2. The fourth-order valence-electron chi connectivity index (χ4n) is 3.75. The molecule has 1 N–H and O–H groups in total. The van der Waals surface area contributed by atoms with Gasteiger partial charge in [0.1, 0.15) is 0 Å². The van der Waals surface area contributed by atoms with Gasteiger partial charge in [-0.2, -0.15) is 4.31 Å². The number of amides is 2. The van der Waals surface area contributed by atoms with E-state index in [9.17, 15) is 18.0 Å². The van der Waals surface area contributed by atoms with Crippen molar-refractivity contribution >= 4 is 27.5 Å². The Morgan fingerprint density at radius 1 is 0.970 bits per heavy atom. The third-order valence-electron chi connectivity index (χ3n) is 5.74. The molecular formula is C24H31N3O5S. The number of sulfonamides is 1. The number of anilines is 1. The molecule has 1 fully saturated rings. The lowest BCUT2D eigenvalue weighted by molar-refractivity contribution is 0.0730. The Balaban J connectivity index is 1.80. The van der Waals surface area contributed by atoms with Crippen LogP contribution >= 0.6 is 0 Å². The van der Waals surface area contributed by atoms with Crippen LogP contribution in [0.5, 0.6) is 0 Å². The van der Waals surface area contributed by atoms with Crippen LogP contribution in [-0.4, -0.2) is 68.8 Å². The number of hydrogen-bond donors (Lipinski definition) is 1. The van der Waals surface area contributed by atoms with E-state index in [0.717, 1.165) is 0 Å². The van der Waals surface area contributed by atoms with Crippen LogP contribution < -0.4 is 5.32 Å². The van der Waals surface area contributed by atoms with Crippen molar-refractivity contribution in [1.29, 1.82) is 0 Å². The maximum atomic E-state index is 13.2. The lowest BCUT2D eigenvalue weighted by Crippen LogP contribution is -2.41. The summed E-state index contributed by atoms with van der Waals surface area (Å²) < 4.78 is 33.1. The van der Waals surface area contributed by atoms with Crippen LogP contribution in [0.1, 0.15) is 47.1 Å². The third kappa shape index (κ3) is 5.61. The van der Waals surface area contributed by atoms with Gasteiger partial charge in [0, 0.05) is 43.0 Å². The van der Waals surface area contributed by atoms with Crippen molar-refractivity contribution in [1.82, 2.24) is 9.21 Å². The zero-order chi connectivity index (χ0) is 24.0. The van der Waals surface area contributed by atoms with Gasteiger partial charge in [-0.15, -0.1) is 0 Å². The summed E-state index contributed by atoms with van der Waals surface area (Å²) >= 11 is 0. The van der Waals surface area contributed by atoms with Gasteiger partial charge in [-0.05, 0) is 62.2 Å². The van der Waals surface area contributed by atoms with Crippen molar-refractivity contribution in [3.63, 3.8) is 0 Å². The van der Waals surface area contributed by atoms with Crippen molar-refractivity contribution in [2.45, 2.75) is 32.1 Å². The molecule has 0 radical (unpaired) electrons. The molecule has 8 nitrogen and oxygen atoms in total. The van der Waals surface area contributed by atoms with Crippen molar-refractivity contribution < 1.29 is 22.7 Å². The van der Waals surface area contributed by atoms with Gasteiger partial charge in [-0.25, -0.2) is 8.42 Å². The second-order valence-corrected chi connectivity index (χ2v) is 9.61. The Labute approximate surface area is 195 Å². The maximum Gasteiger partial charge on any atom is 0.255 e. The van der Waals surface area contributed by atoms with Gasteiger partial charge in [0.2, 0.25) is 10.0 Å². The first kappa shape index (κ1) is 24.9. The maximum absolute atomic E-state index is 13.2. The fourth-order valence-corrected chi connectivity index (χ4v) is 5.47. The lowest BCUT2D eigenvalue weighted by atomic mass is 10.1. The molecule has 0 aromatic heterocycles. The molecule has 9 heteroatoms. The molecule has 0 atom stereocenters. The molecule has 1 aliphatic rings. The van der Waals surface area contributed by atoms with Crippen LogP contribution in [0.2, 0.25) is 0 Å². The van der Waals surface area contributed by atoms with Gasteiger partial charge in [0.15, 0.2) is 0 Å². The minimum atomic E-state index is -3.73. The summed E-state index contributed by atoms with van der Waals surface area (Å²) in [6, 6.07) is 11.4. The summed E-state index contributed by atoms with van der Waals surface area (Å²) in [5.74, 6) is -0.482. The molecule has 1 aliphatic heterocycles. The van der Waals surface area contributed by atoms with Crippen molar-refractivity contribution in [2.75, 3.05) is 44.7 Å². The summed E-state index contributed by atoms with van der Waals surface area (Å²) in [7, 11) is -3.73. The highest BCUT2D eigenvalue weighted by Crippen LogP contribution is 2.24.